The summed E-state index contributed by atoms with van der Waals surface area (Å²) in [7, 11) is 3.61. The average molecular weight is 268 g/mol. The summed E-state index contributed by atoms with van der Waals surface area (Å²) in [5, 5.41) is 0.886. The van der Waals surface area contributed by atoms with E-state index in [1.807, 2.05) is 0 Å². The molecule has 1 amide bonds. The van der Waals surface area contributed by atoms with Crippen LogP contribution in [0.1, 0.15) is 38.4 Å². The number of carbonyl (C=O) groups is 1. The maximum Gasteiger partial charge on any atom is 0.244 e. The Morgan fingerprint density at radius 1 is 1.50 bits per heavy atom. The van der Waals surface area contributed by atoms with Crippen LogP contribution in [0.25, 0.3) is 0 Å². The first-order chi connectivity index (χ1) is 8.50. The molecular weight excluding hydrogens is 248 g/mol. The number of carbonyl (C=O) groups excluding carboxylic acids is 1. The summed E-state index contributed by atoms with van der Waals surface area (Å²) < 4.78 is 4.36. The zero-order valence-electron chi connectivity index (χ0n) is 11.4. The summed E-state index contributed by atoms with van der Waals surface area (Å²) >= 11 is 1.40. The second-order valence-corrected chi connectivity index (χ2v) is 5.90. The molecule has 1 aromatic heterocycles. The molecule has 1 atom stereocenters. The number of amides is 1. The van der Waals surface area contributed by atoms with Crippen LogP contribution in [0.2, 0.25) is 0 Å². The molecule has 2 heterocycles. The van der Waals surface area contributed by atoms with Crippen LogP contribution in [0, 0.1) is 0 Å². The topological polar surface area (TPSA) is 49.3 Å². The summed E-state index contributed by atoms with van der Waals surface area (Å²) in [6.45, 7) is 5.06. The molecule has 1 aliphatic rings. The third-order valence-electron chi connectivity index (χ3n) is 3.17. The Hall–Kier alpha value is -1.17. The highest BCUT2D eigenvalue weighted by Crippen LogP contribution is 2.29. The van der Waals surface area contributed by atoms with Crippen molar-refractivity contribution in [2.24, 2.45) is 0 Å². The highest BCUT2D eigenvalue weighted by atomic mass is 32.1. The van der Waals surface area contributed by atoms with Crippen LogP contribution >= 0.6 is 11.5 Å². The first-order valence-electron chi connectivity index (χ1n) is 6.32. The van der Waals surface area contributed by atoms with E-state index in [1.54, 1.807) is 19.0 Å². The van der Waals surface area contributed by atoms with Crippen molar-refractivity contribution in [3.8, 4) is 0 Å². The standard InChI is InChI=1S/C12H20N4OS/c1-8(2)10-13-12(18-14-10)16-7-5-6-9(16)11(17)15(3)4/h8-9H,5-7H2,1-4H3. The maximum absolute atomic E-state index is 12.1. The van der Waals surface area contributed by atoms with E-state index >= 15 is 0 Å². The van der Waals surface area contributed by atoms with Crippen LogP contribution in [-0.2, 0) is 4.79 Å². The summed E-state index contributed by atoms with van der Waals surface area (Å²) in [4.78, 5) is 20.4. The normalized spacial score (nSPS) is 19.6. The van der Waals surface area contributed by atoms with Gasteiger partial charge in [-0.3, -0.25) is 4.79 Å². The van der Waals surface area contributed by atoms with Crippen LogP contribution in [0.15, 0.2) is 0 Å². The van der Waals surface area contributed by atoms with Crippen molar-refractivity contribution >= 4 is 22.6 Å². The van der Waals surface area contributed by atoms with Gasteiger partial charge in [0, 0.05) is 38.1 Å². The minimum atomic E-state index is -0.0621. The molecule has 1 fully saturated rings. The van der Waals surface area contributed by atoms with E-state index < -0.39 is 0 Å². The molecule has 0 aromatic carbocycles. The van der Waals surface area contributed by atoms with Crippen molar-refractivity contribution in [1.82, 2.24) is 14.3 Å². The van der Waals surface area contributed by atoms with E-state index in [0.717, 1.165) is 30.3 Å². The summed E-state index contributed by atoms with van der Waals surface area (Å²) in [6, 6.07) is -0.0621. The Kier molecular flexibility index (Phi) is 3.85. The van der Waals surface area contributed by atoms with Crippen LogP contribution in [0.3, 0.4) is 0 Å². The maximum atomic E-state index is 12.1. The summed E-state index contributed by atoms with van der Waals surface area (Å²) in [5.41, 5.74) is 0. The first-order valence-corrected chi connectivity index (χ1v) is 7.09. The predicted octanol–water partition coefficient (Wildman–Crippen LogP) is 1.72. The predicted molar refractivity (Wildman–Crippen MR) is 73.1 cm³/mol. The van der Waals surface area contributed by atoms with Gasteiger partial charge in [0.1, 0.15) is 11.9 Å². The fourth-order valence-corrected chi connectivity index (χ4v) is 3.01. The van der Waals surface area contributed by atoms with Crippen LogP contribution < -0.4 is 4.90 Å². The molecular formula is C12H20N4OS. The quantitative estimate of drug-likeness (QED) is 0.837. The number of hydrogen-bond donors (Lipinski definition) is 0. The van der Waals surface area contributed by atoms with Gasteiger partial charge in [0.25, 0.3) is 0 Å². The van der Waals surface area contributed by atoms with Crippen molar-refractivity contribution in [2.75, 3.05) is 25.5 Å². The van der Waals surface area contributed by atoms with Gasteiger partial charge < -0.3 is 9.80 Å². The summed E-state index contributed by atoms with van der Waals surface area (Å²) in [5.74, 6) is 1.37. The zero-order valence-corrected chi connectivity index (χ0v) is 12.2. The second-order valence-electron chi connectivity index (χ2n) is 5.17. The minimum Gasteiger partial charge on any atom is -0.347 e. The molecule has 0 saturated carbocycles. The van der Waals surface area contributed by atoms with E-state index in [2.05, 4.69) is 28.1 Å². The molecule has 0 radical (unpaired) electrons. The molecule has 1 saturated heterocycles. The lowest BCUT2D eigenvalue weighted by molar-refractivity contribution is -0.129. The molecule has 100 valence electrons. The largest absolute Gasteiger partial charge is 0.347 e. The number of hydrogen-bond acceptors (Lipinski definition) is 5. The van der Waals surface area contributed by atoms with E-state index in [1.165, 1.54) is 11.5 Å². The molecule has 6 heteroatoms. The van der Waals surface area contributed by atoms with Gasteiger partial charge in [-0.2, -0.15) is 4.37 Å². The number of likely N-dealkylation sites (N-methyl/N-ethyl adjacent to an activating group) is 1. The van der Waals surface area contributed by atoms with Gasteiger partial charge in [-0.25, -0.2) is 4.98 Å². The fraction of sp³-hybridized carbons (Fsp3) is 0.750. The Labute approximate surface area is 112 Å². The third kappa shape index (κ3) is 2.48. The smallest absolute Gasteiger partial charge is 0.244 e. The lowest BCUT2D eigenvalue weighted by atomic mass is 10.2. The SMILES string of the molecule is CC(C)c1nsc(N2CCCC2C(=O)N(C)C)n1. The van der Waals surface area contributed by atoms with Crippen molar-refractivity contribution in [3.63, 3.8) is 0 Å². The number of anilines is 1. The third-order valence-corrected chi connectivity index (χ3v) is 3.94. The van der Waals surface area contributed by atoms with E-state index in [-0.39, 0.29) is 11.9 Å². The number of aromatic nitrogens is 2. The van der Waals surface area contributed by atoms with E-state index in [9.17, 15) is 4.79 Å². The van der Waals surface area contributed by atoms with Gasteiger partial charge in [-0.15, -0.1) is 0 Å². The lowest BCUT2D eigenvalue weighted by Crippen LogP contribution is -2.42. The summed E-state index contributed by atoms with van der Waals surface area (Å²) in [6.07, 6.45) is 1.95. The molecule has 1 aromatic rings. The average Bonchev–Trinajstić information content (AvgIpc) is 2.96. The Balaban J connectivity index is 2.18. The molecule has 1 unspecified atom stereocenters. The Morgan fingerprint density at radius 2 is 2.22 bits per heavy atom. The monoisotopic (exact) mass is 268 g/mol. The molecule has 0 N–H and O–H groups in total. The van der Waals surface area contributed by atoms with Crippen LogP contribution in [0.4, 0.5) is 5.13 Å². The lowest BCUT2D eigenvalue weighted by Gasteiger charge is -2.25. The Morgan fingerprint density at radius 3 is 2.78 bits per heavy atom. The Bertz CT molecular complexity index is 429. The van der Waals surface area contributed by atoms with Gasteiger partial charge in [-0.1, -0.05) is 13.8 Å². The van der Waals surface area contributed by atoms with Crippen molar-refractivity contribution < 1.29 is 4.79 Å². The highest BCUT2D eigenvalue weighted by molar-refractivity contribution is 7.09. The minimum absolute atomic E-state index is 0.0621. The van der Waals surface area contributed by atoms with Gasteiger partial charge >= 0.3 is 0 Å². The van der Waals surface area contributed by atoms with Crippen LogP contribution in [0.5, 0.6) is 0 Å². The first kappa shape index (κ1) is 13.3. The van der Waals surface area contributed by atoms with Gasteiger partial charge in [-0.05, 0) is 12.8 Å². The molecule has 0 aliphatic carbocycles. The molecule has 0 bridgehead atoms. The van der Waals surface area contributed by atoms with E-state index in [4.69, 9.17) is 0 Å². The number of nitrogens with zero attached hydrogens (tertiary/aromatic N) is 4. The van der Waals surface area contributed by atoms with Crippen molar-refractivity contribution in [1.29, 1.82) is 0 Å². The van der Waals surface area contributed by atoms with Crippen LogP contribution in [-0.4, -0.2) is 46.8 Å². The zero-order chi connectivity index (χ0) is 13.3. The van der Waals surface area contributed by atoms with Gasteiger partial charge in [0.15, 0.2) is 0 Å². The van der Waals surface area contributed by atoms with Gasteiger partial charge in [0.05, 0.1) is 0 Å². The second kappa shape index (κ2) is 5.22. The van der Waals surface area contributed by atoms with Crippen molar-refractivity contribution in [2.45, 2.75) is 38.6 Å². The number of rotatable bonds is 3. The molecule has 2 rings (SSSR count). The van der Waals surface area contributed by atoms with Gasteiger partial charge in [0.2, 0.25) is 11.0 Å². The van der Waals surface area contributed by atoms with E-state index in [0.29, 0.717) is 5.92 Å². The molecule has 5 nitrogen and oxygen atoms in total. The fourth-order valence-electron chi connectivity index (χ4n) is 2.13. The molecule has 1 aliphatic heterocycles. The highest BCUT2D eigenvalue weighted by Gasteiger charge is 2.33. The molecule has 18 heavy (non-hydrogen) atoms. The molecule has 0 spiro atoms. The van der Waals surface area contributed by atoms with Crippen molar-refractivity contribution in [3.05, 3.63) is 5.82 Å².